The Morgan fingerprint density at radius 2 is 1.97 bits per heavy atom. The van der Waals surface area contributed by atoms with Gasteiger partial charge >= 0.3 is 0 Å². The molecule has 9 heteroatoms. The van der Waals surface area contributed by atoms with Gasteiger partial charge in [-0.3, -0.25) is 14.8 Å². The lowest BCUT2D eigenvalue weighted by Crippen LogP contribution is -2.36. The number of carbonyl (C=O) groups excluding carboxylic acids is 1. The number of anilines is 2. The molecular weight excluding hydrogens is 432 g/mol. The van der Waals surface area contributed by atoms with Crippen LogP contribution in [0.3, 0.4) is 0 Å². The molecular formula is C25H30N6O3. The van der Waals surface area contributed by atoms with E-state index in [2.05, 4.69) is 25.2 Å². The number of aryl methyl sites for hydroxylation is 1. The fourth-order valence-electron chi connectivity index (χ4n) is 3.72. The lowest BCUT2D eigenvalue weighted by molar-refractivity contribution is 0.102. The van der Waals surface area contributed by atoms with E-state index in [4.69, 9.17) is 15.2 Å². The highest BCUT2D eigenvalue weighted by molar-refractivity contribution is 6.05. The third-order valence-corrected chi connectivity index (χ3v) is 5.62. The number of nitrogens with zero attached hydrogens (tertiary/aromatic N) is 4. The predicted molar refractivity (Wildman–Crippen MR) is 131 cm³/mol. The molecule has 34 heavy (non-hydrogen) atoms. The number of aromatic nitrogens is 3. The maximum absolute atomic E-state index is 13.3. The monoisotopic (exact) mass is 462 g/mol. The normalized spacial score (nSPS) is 14.5. The number of nitrogens with one attached hydrogen (secondary N) is 1. The van der Waals surface area contributed by atoms with Gasteiger partial charge in [0.1, 0.15) is 11.9 Å². The van der Waals surface area contributed by atoms with Crippen molar-refractivity contribution < 1.29 is 14.3 Å². The zero-order valence-electron chi connectivity index (χ0n) is 19.5. The zero-order valence-corrected chi connectivity index (χ0v) is 19.5. The van der Waals surface area contributed by atoms with Crippen LogP contribution < -0.4 is 20.7 Å². The van der Waals surface area contributed by atoms with Crippen LogP contribution in [-0.4, -0.2) is 59.8 Å². The number of rotatable bonds is 8. The molecule has 0 spiro atoms. The van der Waals surface area contributed by atoms with Gasteiger partial charge < -0.3 is 25.4 Å². The quantitative estimate of drug-likeness (QED) is 0.525. The summed E-state index contributed by atoms with van der Waals surface area (Å²) in [7, 11) is 0. The maximum atomic E-state index is 13.3. The summed E-state index contributed by atoms with van der Waals surface area (Å²) >= 11 is 0. The van der Waals surface area contributed by atoms with Crippen LogP contribution >= 0.6 is 0 Å². The van der Waals surface area contributed by atoms with Crippen LogP contribution in [0.5, 0.6) is 5.75 Å². The minimum Gasteiger partial charge on any atom is -0.489 e. The average molecular weight is 463 g/mol. The number of benzene rings is 1. The number of nitrogens with two attached hydrogens (primary N) is 1. The largest absolute Gasteiger partial charge is 0.489 e. The van der Waals surface area contributed by atoms with Crippen LogP contribution in [0.4, 0.5) is 11.4 Å². The van der Waals surface area contributed by atoms with Gasteiger partial charge in [0, 0.05) is 31.4 Å². The lowest BCUT2D eigenvalue weighted by atomic mass is 10.1. The SMILES string of the molecule is CCc1ncc(-c2ccc(OC(C)CN)cc2)nc1C(=O)Nc1cnccc1N1CCOCC1. The predicted octanol–water partition coefficient (Wildman–Crippen LogP) is 2.92. The molecule has 178 valence electrons. The van der Waals surface area contributed by atoms with Crippen LogP contribution in [0.15, 0.2) is 48.9 Å². The first-order valence-corrected chi connectivity index (χ1v) is 11.5. The van der Waals surface area contributed by atoms with Crippen LogP contribution in [-0.2, 0) is 11.2 Å². The van der Waals surface area contributed by atoms with Crippen molar-refractivity contribution in [2.45, 2.75) is 26.4 Å². The first kappa shape index (κ1) is 23.6. The molecule has 0 aliphatic carbocycles. The molecule has 1 saturated heterocycles. The van der Waals surface area contributed by atoms with Crippen LogP contribution in [0.25, 0.3) is 11.3 Å². The topological polar surface area (TPSA) is 115 Å². The van der Waals surface area contributed by atoms with E-state index in [-0.39, 0.29) is 12.0 Å². The van der Waals surface area contributed by atoms with E-state index in [0.29, 0.717) is 48.9 Å². The lowest BCUT2D eigenvalue weighted by Gasteiger charge is -2.30. The first-order chi connectivity index (χ1) is 16.6. The molecule has 0 bridgehead atoms. The Kier molecular flexibility index (Phi) is 7.66. The van der Waals surface area contributed by atoms with Gasteiger partial charge in [-0.15, -0.1) is 0 Å². The highest BCUT2D eigenvalue weighted by atomic mass is 16.5. The minimum absolute atomic E-state index is 0.0698. The molecule has 1 fully saturated rings. The molecule has 1 aromatic carbocycles. The minimum atomic E-state index is -0.314. The Labute approximate surface area is 199 Å². The fourth-order valence-corrected chi connectivity index (χ4v) is 3.72. The smallest absolute Gasteiger partial charge is 0.276 e. The molecule has 3 N–H and O–H groups in total. The number of ether oxygens (including phenoxy) is 2. The molecule has 9 nitrogen and oxygen atoms in total. The Balaban J connectivity index is 1.57. The second-order valence-electron chi connectivity index (χ2n) is 8.04. The average Bonchev–Trinajstić information content (AvgIpc) is 2.89. The van der Waals surface area contributed by atoms with Gasteiger partial charge in [0.15, 0.2) is 5.69 Å². The van der Waals surface area contributed by atoms with Gasteiger partial charge in [-0.05, 0) is 43.7 Å². The van der Waals surface area contributed by atoms with Gasteiger partial charge in [-0.2, -0.15) is 0 Å². The second kappa shape index (κ2) is 11.0. The van der Waals surface area contributed by atoms with Gasteiger partial charge in [-0.1, -0.05) is 6.92 Å². The second-order valence-corrected chi connectivity index (χ2v) is 8.04. The van der Waals surface area contributed by atoms with Gasteiger partial charge in [0.05, 0.1) is 48.4 Å². The molecule has 0 radical (unpaired) electrons. The van der Waals surface area contributed by atoms with Crippen LogP contribution in [0.2, 0.25) is 0 Å². The van der Waals surface area contributed by atoms with Crippen molar-refractivity contribution >= 4 is 17.3 Å². The number of pyridine rings is 1. The van der Waals surface area contributed by atoms with Gasteiger partial charge in [-0.25, -0.2) is 4.98 Å². The summed E-state index contributed by atoms with van der Waals surface area (Å²) in [6.07, 6.45) is 5.59. The Bertz CT molecular complexity index is 1120. The van der Waals surface area contributed by atoms with Gasteiger partial charge in [0.25, 0.3) is 5.91 Å². The Morgan fingerprint density at radius 1 is 1.21 bits per heavy atom. The highest BCUT2D eigenvalue weighted by Crippen LogP contribution is 2.27. The third kappa shape index (κ3) is 5.49. The van der Waals surface area contributed by atoms with Crippen molar-refractivity contribution in [2.75, 3.05) is 43.1 Å². The van der Waals surface area contributed by atoms with Crippen molar-refractivity contribution in [3.05, 3.63) is 60.3 Å². The van der Waals surface area contributed by atoms with E-state index < -0.39 is 0 Å². The molecule has 3 aromatic rings. The number of carbonyl (C=O) groups is 1. The van der Waals surface area contributed by atoms with E-state index in [0.717, 1.165) is 30.1 Å². The van der Waals surface area contributed by atoms with Crippen molar-refractivity contribution in [2.24, 2.45) is 5.73 Å². The molecule has 0 saturated carbocycles. The first-order valence-electron chi connectivity index (χ1n) is 11.5. The molecule has 1 aliphatic rings. The summed E-state index contributed by atoms with van der Waals surface area (Å²) in [5.74, 6) is 0.412. The number of morpholine rings is 1. The standard InChI is InChI=1S/C25H30N6O3/c1-3-20-24(25(32)30-22-15-27-9-8-23(22)31-10-12-33-13-11-31)29-21(16-28-20)18-4-6-19(7-5-18)34-17(2)14-26/h4-9,15-17H,3,10-14,26H2,1-2H3,(H,30,32). The fraction of sp³-hybridized carbons (Fsp3) is 0.360. The Hall–Kier alpha value is -3.56. The summed E-state index contributed by atoms with van der Waals surface area (Å²) in [6.45, 7) is 7.12. The molecule has 1 aliphatic heterocycles. The van der Waals surface area contributed by atoms with E-state index >= 15 is 0 Å². The summed E-state index contributed by atoms with van der Waals surface area (Å²) in [5, 5.41) is 3.00. The van der Waals surface area contributed by atoms with E-state index in [1.165, 1.54) is 0 Å². The summed E-state index contributed by atoms with van der Waals surface area (Å²) in [5.41, 5.74) is 9.56. The molecule has 3 heterocycles. The number of amides is 1. The molecule has 1 amide bonds. The van der Waals surface area contributed by atoms with Crippen molar-refractivity contribution in [1.82, 2.24) is 15.0 Å². The highest BCUT2D eigenvalue weighted by Gasteiger charge is 2.20. The van der Waals surface area contributed by atoms with Crippen molar-refractivity contribution in [1.29, 1.82) is 0 Å². The molecule has 1 unspecified atom stereocenters. The van der Waals surface area contributed by atoms with E-state index in [9.17, 15) is 4.79 Å². The van der Waals surface area contributed by atoms with Crippen LogP contribution in [0.1, 0.15) is 30.0 Å². The summed E-state index contributed by atoms with van der Waals surface area (Å²) in [6, 6.07) is 9.42. The third-order valence-electron chi connectivity index (χ3n) is 5.62. The number of hydrogen-bond acceptors (Lipinski definition) is 8. The van der Waals surface area contributed by atoms with Crippen molar-refractivity contribution in [3.8, 4) is 17.0 Å². The van der Waals surface area contributed by atoms with Gasteiger partial charge in [0.2, 0.25) is 0 Å². The van der Waals surface area contributed by atoms with Crippen LogP contribution in [0, 0.1) is 0 Å². The maximum Gasteiger partial charge on any atom is 0.276 e. The Morgan fingerprint density at radius 3 is 2.68 bits per heavy atom. The summed E-state index contributed by atoms with van der Waals surface area (Å²) < 4.78 is 11.2. The molecule has 2 aromatic heterocycles. The zero-order chi connectivity index (χ0) is 23.9. The number of hydrogen-bond donors (Lipinski definition) is 2. The van der Waals surface area contributed by atoms with Crippen molar-refractivity contribution in [3.63, 3.8) is 0 Å². The summed E-state index contributed by atoms with van der Waals surface area (Å²) in [4.78, 5) is 28.9. The molecule has 1 atom stereocenters. The van der Waals surface area contributed by atoms with E-state index in [1.54, 1.807) is 18.6 Å². The van der Waals surface area contributed by atoms with E-state index in [1.807, 2.05) is 44.2 Å². The molecule has 4 rings (SSSR count).